The Kier molecular flexibility index (Phi) is 15.5. The predicted octanol–water partition coefficient (Wildman–Crippen LogP) is 9.06. The number of hydrogen-bond donors (Lipinski definition) is 1. The highest BCUT2D eigenvalue weighted by Gasteiger charge is 2.50. The molecule has 0 saturated carbocycles. The molecule has 278 valence electrons. The summed E-state index contributed by atoms with van der Waals surface area (Å²) in [6, 6.07) is 29.4. The van der Waals surface area contributed by atoms with E-state index in [-0.39, 0.29) is 33.8 Å². The fourth-order valence-corrected chi connectivity index (χ4v) is 14.8. The van der Waals surface area contributed by atoms with Crippen molar-refractivity contribution >= 4 is 48.0 Å². The van der Waals surface area contributed by atoms with Gasteiger partial charge in [0, 0.05) is 24.9 Å². The number of hydrogen-bond acceptors (Lipinski definition) is 7. The number of ether oxygens (including phenoxy) is 2. The molecule has 0 spiro atoms. The maximum absolute atomic E-state index is 13.6. The molecule has 1 heterocycles. The lowest BCUT2D eigenvalue weighted by atomic mass is 9.85. The van der Waals surface area contributed by atoms with Gasteiger partial charge in [0.05, 0.1) is 30.5 Å². The molecule has 1 fully saturated rings. The fourth-order valence-electron chi connectivity index (χ4n) is 6.90. The van der Waals surface area contributed by atoms with Gasteiger partial charge in [-0.2, -0.15) is 0 Å². The van der Waals surface area contributed by atoms with Gasteiger partial charge in [-0.3, -0.25) is 4.79 Å². The first-order valence-corrected chi connectivity index (χ1v) is 22.4. The summed E-state index contributed by atoms with van der Waals surface area (Å²) in [5.41, 5.74) is 1.56. The van der Waals surface area contributed by atoms with Crippen LogP contribution in [0.3, 0.4) is 0 Å². The molecule has 0 amide bonds. The van der Waals surface area contributed by atoms with Crippen LogP contribution in [0.2, 0.25) is 5.04 Å². The molecule has 0 unspecified atom stereocenters. The molecule has 3 aromatic rings. The van der Waals surface area contributed by atoms with Crippen LogP contribution in [0.1, 0.15) is 79.7 Å². The third-order valence-electron chi connectivity index (χ3n) is 10.1. The van der Waals surface area contributed by atoms with Crippen molar-refractivity contribution in [2.24, 2.45) is 11.3 Å². The maximum Gasteiger partial charge on any atom is 0.261 e. The molecule has 1 aliphatic heterocycles. The quantitative estimate of drug-likeness (QED) is 0.103. The molecule has 0 aromatic heterocycles. The minimum atomic E-state index is -2.70. The van der Waals surface area contributed by atoms with Gasteiger partial charge in [0.2, 0.25) is 0 Å². The molecule has 0 radical (unpaired) electrons. The normalized spacial score (nSPS) is 16.8. The number of Topliss-reactive ketones (excluding diaryl/α,β-unsaturated/α-hetero) is 1. The Morgan fingerprint density at radius 3 is 2.00 bits per heavy atom. The number of aliphatic hydroxyl groups is 1. The summed E-state index contributed by atoms with van der Waals surface area (Å²) in [5.74, 6) is 3.21. The summed E-state index contributed by atoms with van der Waals surface area (Å²) in [4.78, 5) is 13.6. The van der Waals surface area contributed by atoms with Gasteiger partial charge in [-0.05, 0) is 75.9 Å². The van der Waals surface area contributed by atoms with E-state index in [2.05, 4.69) is 101 Å². The predicted molar refractivity (Wildman–Crippen MR) is 220 cm³/mol. The second-order valence-electron chi connectivity index (χ2n) is 15.4. The van der Waals surface area contributed by atoms with Crippen molar-refractivity contribution in [1.29, 1.82) is 0 Å². The number of carbonyl (C=O) groups excluding carboxylic acids is 1. The summed E-state index contributed by atoms with van der Waals surface area (Å²) in [6.45, 7) is 16.2. The number of ketones is 1. The third-order valence-corrected chi connectivity index (χ3v) is 18.8. The van der Waals surface area contributed by atoms with Crippen LogP contribution >= 0.6 is 23.5 Å². The van der Waals surface area contributed by atoms with Gasteiger partial charge in [-0.25, -0.2) is 0 Å². The Morgan fingerprint density at radius 1 is 0.922 bits per heavy atom. The topological polar surface area (TPSA) is 65.0 Å². The lowest BCUT2D eigenvalue weighted by molar-refractivity contribution is -0.128. The average molecular weight is 749 g/mol. The number of methoxy groups -OCH3 is 1. The summed E-state index contributed by atoms with van der Waals surface area (Å²) in [5, 5.41) is 13.8. The standard InChI is InChI=1S/C43H60O5S2Si/c1-9-33(31-48-51(42(3,4)5,37-17-12-10-13-18-37)38-19-14-11-15-20-38)27-32(2)39(47-30-34-21-23-36(46-8)24-22-34)28-35(44)29-40(45)43(6,7)41-49-25-16-26-50-41/h10-15,17-24,27,33,35,39,41,44H,9,16,25-26,28-31H2,1-8H3/b32-27-/t33-,35-,39-/m1/s1. The Labute approximate surface area is 317 Å². The van der Waals surface area contributed by atoms with E-state index < -0.39 is 19.8 Å². The summed E-state index contributed by atoms with van der Waals surface area (Å²) >= 11 is 3.75. The highest BCUT2D eigenvalue weighted by molar-refractivity contribution is 8.17. The number of carbonyl (C=O) groups is 1. The lowest BCUT2D eigenvalue weighted by Crippen LogP contribution is -2.66. The van der Waals surface area contributed by atoms with Crippen molar-refractivity contribution in [3.05, 3.63) is 102 Å². The minimum absolute atomic E-state index is 0.113. The van der Waals surface area contributed by atoms with E-state index >= 15 is 0 Å². The highest BCUT2D eigenvalue weighted by Crippen LogP contribution is 2.44. The van der Waals surface area contributed by atoms with Crippen LogP contribution in [-0.2, 0) is 20.6 Å². The number of rotatable bonds is 18. The number of benzene rings is 3. The van der Waals surface area contributed by atoms with Crippen molar-refractivity contribution < 1.29 is 23.8 Å². The molecule has 0 bridgehead atoms. The monoisotopic (exact) mass is 748 g/mol. The molecular weight excluding hydrogens is 689 g/mol. The second kappa shape index (κ2) is 19.1. The van der Waals surface area contributed by atoms with E-state index in [1.165, 1.54) is 16.8 Å². The first-order valence-electron chi connectivity index (χ1n) is 18.4. The van der Waals surface area contributed by atoms with Gasteiger partial charge in [0.1, 0.15) is 11.5 Å². The van der Waals surface area contributed by atoms with Crippen LogP contribution in [0, 0.1) is 11.3 Å². The van der Waals surface area contributed by atoms with E-state index in [0.29, 0.717) is 19.6 Å². The first-order chi connectivity index (χ1) is 24.3. The van der Waals surface area contributed by atoms with Gasteiger partial charge in [0.25, 0.3) is 8.32 Å². The van der Waals surface area contributed by atoms with Gasteiger partial charge >= 0.3 is 0 Å². The van der Waals surface area contributed by atoms with Crippen LogP contribution in [-0.4, -0.2) is 61.2 Å². The van der Waals surface area contributed by atoms with Crippen LogP contribution in [0.25, 0.3) is 0 Å². The van der Waals surface area contributed by atoms with E-state index in [1.54, 1.807) is 7.11 Å². The Hall–Kier alpha value is -2.33. The average Bonchev–Trinajstić information content (AvgIpc) is 3.13. The van der Waals surface area contributed by atoms with Crippen molar-refractivity contribution in [1.82, 2.24) is 0 Å². The Bertz CT molecular complexity index is 1480. The molecule has 3 aromatic carbocycles. The molecule has 1 saturated heterocycles. The molecule has 5 nitrogen and oxygen atoms in total. The molecule has 1 N–H and O–H groups in total. The minimum Gasteiger partial charge on any atom is -0.497 e. The molecule has 1 aliphatic rings. The Balaban J connectivity index is 1.57. The Morgan fingerprint density at radius 2 is 1.49 bits per heavy atom. The van der Waals surface area contributed by atoms with Crippen molar-refractivity contribution in [2.75, 3.05) is 25.2 Å². The smallest absolute Gasteiger partial charge is 0.261 e. The van der Waals surface area contributed by atoms with Gasteiger partial charge in [-0.15, -0.1) is 23.5 Å². The highest BCUT2D eigenvalue weighted by atomic mass is 32.2. The lowest BCUT2D eigenvalue weighted by Gasteiger charge is -2.43. The van der Waals surface area contributed by atoms with Crippen molar-refractivity contribution in [3.63, 3.8) is 0 Å². The zero-order valence-corrected chi connectivity index (χ0v) is 34.7. The first kappa shape index (κ1) is 41.4. The molecular formula is C43H60O5S2Si. The van der Waals surface area contributed by atoms with Gasteiger partial charge in [-0.1, -0.05) is 120 Å². The van der Waals surface area contributed by atoms with E-state index in [0.717, 1.165) is 34.8 Å². The van der Waals surface area contributed by atoms with Gasteiger partial charge < -0.3 is 19.0 Å². The molecule has 0 aliphatic carbocycles. The number of thioether (sulfide) groups is 2. The van der Waals surface area contributed by atoms with E-state index in [1.807, 2.05) is 61.6 Å². The zero-order chi connectivity index (χ0) is 37.1. The van der Waals surface area contributed by atoms with Crippen molar-refractivity contribution in [3.8, 4) is 5.75 Å². The van der Waals surface area contributed by atoms with Crippen molar-refractivity contribution in [2.45, 2.75) is 103 Å². The molecule has 8 heteroatoms. The molecule has 4 rings (SSSR count). The summed E-state index contributed by atoms with van der Waals surface area (Å²) in [6.07, 6.45) is 3.65. The summed E-state index contributed by atoms with van der Waals surface area (Å²) in [7, 11) is -1.04. The van der Waals surface area contributed by atoms with Crippen LogP contribution in [0.4, 0.5) is 0 Å². The maximum atomic E-state index is 13.6. The van der Waals surface area contributed by atoms with Crippen LogP contribution in [0.5, 0.6) is 5.75 Å². The molecule has 51 heavy (non-hydrogen) atoms. The second-order valence-corrected chi connectivity index (χ2v) is 22.4. The number of aliphatic hydroxyl groups excluding tert-OH is 1. The zero-order valence-electron chi connectivity index (χ0n) is 32.0. The van der Waals surface area contributed by atoms with Crippen LogP contribution in [0.15, 0.2) is 96.6 Å². The largest absolute Gasteiger partial charge is 0.497 e. The van der Waals surface area contributed by atoms with E-state index in [4.69, 9.17) is 13.9 Å². The van der Waals surface area contributed by atoms with Gasteiger partial charge in [0.15, 0.2) is 0 Å². The van der Waals surface area contributed by atoms with E-state index in [9.17, 15) is 9.90 Å². The van der Waals surface area contributed by atoms with Crippen LogP contribution < -0.4 is 15.1 Å². The molecule has 3 atom stereocenters. The third kappa shape index (κ3) is 10.9. The SMILES string of the molecule is CC[C@H](/C=C(/C)[C@@H](C[C@@H](O)CC(=O)C(C)(C)C1SCCCS1)OCc1ccc(OC)cc1)CO[Si](c1ccccc1)(c1ccccc1)C(C)(C)C. The fraction of sp³-hybridized carbons (Fsp3) is 0.512. The summed E-state index contributed by atoms with van der Waals surface area (Å²) < 4.78 is 19.5.